The molecule has 32 heavy (non-hydrogen) atoms. The van der Waals surface area contributed by atoms with E-state index in [0.717, 1.165) is 16.9 Å². The third-order valence-electron chi connectivity index (χ3n) is 5.68. The minimum Gasteiger partial charge on any atom is -0.489 e. The van der Waals surface area contributed by atoms with E-state index in [1.807, 2.05) is 36.4 Å². The maximum atomic E-state index is 11.4. The number of imidazole rings is 1. The van der Waals surface area contributed by atoms with Gasteiger partial charge >= 0.3 is 0 Å². The highest BCUT2D eigenvalue weighted by molar-refractivity contribution is 5.90. The zero-order valence-electron chi connectivity index (χ0n) is 18.0. The number of aryl methyl sites for hydroxylation is 1. The van der Waals surface area contributed by atoms with Crippen molar-refractivity contribution in [1.29, 1.82) is 0 Å². The Bertz CT molecular complexity index is 1220. The van der Waals surface area contributed by atoms with Gasteiger partial charge in [0.15, 0.2) is 0 Å². The van der Waals surface area contributed by atoms with Gasteiger partial charge in [-0.1, -0.05) is 54.6 Å². The molecule has 6 heteroatoms. The second-order valence-corrected chi connectivity index (χ2v) is 7.99. The Morgan fingerprint density at radius 3 is 2.59 bits per heavy atom. The third-order valence-corrected chi connectivity index (χ3v) is 5.68. The molecule has 4 aromatic rings. The highest BCUT2D eigenvalue weighted by Crippen LogP contribution is 2.26. The van der Waals surface area contributed by atoms with Crippen LogP contribution in [0, 0.1) is 0 Å². The molecule has 0 aliphatic carbocycles. The molecule has 0 bridgehead atoms. The number of ether oxygens (including phenoxy) is 1. The summed E-state index contributed by atoms with van der Waals surface area (Å²) in [6, 6.07) is 22.3. The van der Waals surface area contributed by atoms with Crippen molar-refractivity contribution < 1.29 is 14.6 Å². The van der Waals surface area contributed by atoms with Crippen molar-refractivity contribution >= 4 is 16.7 Å². The van der Waals surface area contributed by atoms with E-state index < -0.39 is 12.0 Å². The van der Waals surface area contributed by atoms with Crippen LogP contribution < -0.4 is 10.5 Å². The monoisotopic (exact) mass is 429 g/mol. The molecule has 2 unspecified atom stereocenters. The molecule has 3 N–H and O–H groups in total. The third kappa shape index (κ3) is 4.98. The van der Waals surface area contributed by atoms with Crippen LogP contribution in [0.5, 0.6) is 5.75 Å². The number of carbonyl (C=O) groups excluding carboxylic acids is 1. The van der Waals surface area contributed by atoms with Crippen molar-refractivity contribution in [1.82, 2.24) is 9.55 Å². The molecule has 0 spiro atoms. The van der Waals surface area contributed by atoms with Gasteiger partial charge in [-0.15, -0.1) is 0 Å². The Hall–Kier alpha value is -3.64. The number of carbonyl (C=O) groups is 1. The van der Waals surface area contributed by atoms with Crippen molar-refractivity contribution in [2.45, 2.75) is 38.5 Å². The first-order chi connectivity index (χ1) is 15.5. The molecule has 0 fully saturated rings. The fraction of sp³-hybridized carbons (Fsp3) is 0.231. The molecule has 1 amide bonds. The predicted molar refractivity (Wildman–Crippen MR) is 125 cm³/mol. The molecule has 0 saturated carbocycles. The number of hydrogen-bond acceptors (Lipinski definition) is 4. The number of hydrogen-bond donors (Lipinski definition) is 2. The van der Waals surface area contributed by atoms with Crippen LogP contribution in [0.15, 0.2) is 79.3 Å². The molecule has 0 radical (unpaired) electrons. The second-order valence-electron chi connectivity index (χ2n) is 7.99. The number of fused-ring (bicyclic) bond motifs is 1. The quantitative estimate of drug-likeness (QED) is 0.416. The minimum atomic E-state index is -0.615. The van der Waals surface area contributed by atoms with E-state index in [4.69, 9.17) is 10.5 Å². The topological polar surface area (TPSA) is 90.4 Å². The summed E-state index contributed by atoms with van der Waals surface area (Å²) < 4.78 is 7.92. The SMILES string of the molecule is CC(O)C(CCc1ccccc1OCc1ccc2ccccc2c1)n1cnc(C(N)=O)c1. The lowest BCUT2D eigenvalue weighted by atomic mass is 10.0. The van der Waals surface area contributed by atoms with Gasteiger partial charge in [0.25, 0.3) is 5.91 Å². The fourth-order valence-electron chi connectivity index (χ4n) is 3.93. The average Bonchev–Trinajstić information content (AvgIpc) is 3.28. The summed E-state index contributed by atoms with van der Waals surface area (Å²) in [5.74, 6) is 0.244. The number of nitrogens with zero attached hydrogens (tertiary/aromatic N) is 2. The van der Waals surface area contributed by atoms with Gasteiger partial charge in [-0.3, -0.25) is 4.79 Å². The van der Waals surface area contributed by atoms with Crippen molar-refractivity contribution in [3.63, 3.8) is 0 Å². The summed E-state index contributed by atoms with van der Waals surface area (Å²) in [6.07, 6.45) is 3.87. The van der Waals surface area contributed by atoms with E-state index in [2.05, 4.69) is 35.3 Å². The van der Waals surface area contributed by atoms with Crippen LogP contribution in [0.1, 0.15) is 41.0 Å². The van der Waals surface area contributed by atoms with E-state index in [1.54, 1.807) is 24.0 Å². The molecule has 1 heterocycles. The first-order valence-electron chi connectivity index (χ1n) is 10.7. The standard InChI is InChI=1S/C26H27N3O3/c1-18(30)24(29-15-23(26(27)31)28-17-29)13-12-21-7-4-5-9-25(21)32-16-19-10-11-20-6-2-3-8-22(20)14-19/h2-11,14-15,17-18,24,30H,12-13,16H2,1H3,(H2,27,31). The first-order valence-corrected chi connectivity index (χ1v) is 10.7. The molecule has 0 aliphatic heterocycles. The zero-order valence-corrected chi connectivity index (χ0v) is 18.0. The highest BCUT2D eigenvalue weighted by Gasteiger charge is 2.19. The summed E-state index contributed by atoms with van der Waals surface area (Å²) in [4.78, 5) is 15.4. The summed E-state index contributed by atoms with van der Waals surface area (Å²) in [7, 11) is 0. The molecule has 0 aliphatic rings. The summed E-state index contributed by atoms with van der Waals surface area (Å²) in [5, 5.41) is 12.7. The van der Waals surface area contributed by atoms with Gasteiger partial charge in [0, 0.05) is 6.20 Å². The molecule has 0 saturated heterocycles. The number of amides is 1. The largest absolute Gasteiger partial charge is 0.489 e. The lowest BCUT2D eigenvalue weighted by Crippen LogP contribution is -2.21. The van der Waals surface area contributed by atoms with Gasteiger partial charge in [-0.05, 0) is 53.8 Å². The van der Waals surface area contributed by atoms with Crippen LogP contribution in [0.25, 0.3) is 10.8 Å². The van der Waals surface area contributed by atoms with Crippen molar-refractivity contribution in [3.8, 4) is 5.75 Å². The van der Waals surface area contributed by atoms with Crippen molar-refractivity contribution in [3.05, 3.63) is 96.1 Å². The molecular formula is C26H27N3O3. The minimum absolute atomic E-state index is 0.190. The Labute approximate surface area is 187 Å². The lowest BCUT2D eigenvalue weighted by Gasteiger charge is -2.22. The molecule has 1 aromatic heterocycles. The molecule has 164 valence electrons. The number of aromatic nitrogens is 2. The molecule has 4 rings (SSSR count). The Kier molecular flexibility index (Phi) is 6.52. The van der Waals surface area contributed by atoms with E-state index in [9.17, 15) is 9.90 Å². The van der Waals surface area contributed by atoms with E-state index in [0.29, 0.717) is 19.4 Å². The molecule has 3 aromatic carbocycles. The zero-order chi connectivity index (χ0) is 22.5. The van der Waals surface area contributed by atoms with E-state index in [1.165, 1.54) is 10.8 Å². The van der Waals surface area contributed by atoms with Crippen molar-refractivity contribution in [2.24, 2.45) is 5.73 Å². The Balaban J connectivity index is 1.45. The van der Waals surface area contributed by atoms with Crippen LogP contribution in [0.3, 0.4) is 0 Å². The number of aliphatic hydroxyl groups is 1. The van der Waals surface area contributed by atoms with Gasteiger partial charge < -0.3 is 20.1 Å². The summed E-state index contributed by atoms with van der Waals surface area (Å²) in [6.45, 7) is 2.21. The van der Waals surface area contributed by atoms with Gasteiger partial charge in [0.05, 0.1) is 18.5 Å². The van der Waals surface area contributed by atoms with Crippen molar-refractivity contribution in [2.75, 3.05) is 0 Å². The number of aliphatic hydroxyl groups excluding tert-OH is 1. The fourth-order valence-corrected chi connectivity index (χ4v) is 3.93. The average molecular weight is 430 g/mol. The number of nitrogens with two attached hydrogens (primary N) is 1. The lowest BCUT2D eigenvalue weighted by molar-refractivity contribution is 0.0994. The predicted octanol–water partition coefficient (Wildman–Crippen LogP) is 4.27. The molecule has 6 nitrogen and oxygen atoms in total. The van der Waals surface area contributed by atoms with Crippen LogP contribution in [-0.4, -0.2) is 26.7 Å². The number of para-hydroxylation sites is 1. The van der Waals surface area contributed by atoms with Crippen LogP contribution in [-0.2, 0) is 13.0 Å². The van der Waals surface area contributed by atoms with E-state index >= 15 is 0 Å². The van der Waals surface area contributed by atoms with Gasteiger partial charge in [0.2, 0.25) is 0 Å². The number of primary amides is 1. The van der Waals surface area contributed by atoms with Crippen LogP contribution in [0.2, 0.25) is 0 Å². The Morgan fingerprint density at radius 1 is 1.09 bits per heavy atom. The smallest absolute Gasteiger partial charge is 0.268 e. The first kappa shape index (κ1) is 21.6. The van der Waals surface area contributed by atoms with Gasteiger partial charge in [-0.2, -0.15) is 0 Å². The number of rotatable bonds is 9. The number of benzene rings is 3. The second kappa shape index (κ2) is 9.66. The molecule has 2 atom stereocenters. The maximum absolute atomic E-state index is 11.4. The van der Waals surface area contributed by atoms with Gasteiger partial charge in [-0.25, -0.2) is 4.98 Å². The normalized spacial score (nSPS) is 13.1. The van der Waals surface area contributed by atoms with Crippen LogP contribution >= 0.6 is 0 Å². The van der Waals surface area contributed by atoms with E-state index in [-0.39, 0.29) is 11.7 Å². The van der Waals surface area contributed by atoms with Gasteiger partial charge in [0.1, 0.15) is 18.1 Å². The summed E-state index contributed by atoms with van der Waals surface area (Å²) >= 11 is 0. The Morgan fingerprint density at radius 2 is 1.84 bits per heavy atom. The maximum Gasteiger partial charge on any atom is 0.268 e. The summed E-state index contributed by atoms with van der Waals surface area (Å²) in [5.41, 5.74) is 7.67. The highest BCUT2D eigenvalue weighted by atomic mass is 16.5. The van der Waals surface area contributed by atoms with Crippen LogP contribution in [0.4, 0.5) is 0 Å². The molecular weight excluding hydrogens is 402 g/mol.